The Morgan fingerprint density at radius 3 is 3.00 bits per heavy atom. The van der Waals surface area contributed by atoms with Crippen LogP contribution in [0.2, 0.25) is 0 Å². The van der Waals surface area contributed by atoms with Gasteiger partial charge in [-0.2, -0.15) is 0 Å². The lowest BCUT2D eigenvalue weighted by Crippen LogP contribution is -2.20. The molecule has 1 fully saturated rings. The van der Waals surface area contributed by atoms with Crippen LogP contribution in [-0.2, 0) is 4.79 Å². The monoisotopic (exact) mass is 267 g/mol. The first-order valence-electron chi connectivity index (χ1n) is 4.89. The summed E-state index contributed by atoms with van der Waals surface area (Å²) in [5, 5.41) is 2.92. The highest BCUT2D eigenvalue weighted by atomic mass is 79.9. The molecular weight excluding hydrogens is 258 g/mol. The fraction of sp³-hybridized carbons (Fsp3) is 0.364. The topological polar surface area (TPSA) is 38.3 Å². The Morgan fingerprint density at radius 2 is 2.27 bits per heavy atom. The normalized spacial score (nSPS) is 26.4. The summed E-state index contributed by atoms with van der Waals surface area (Å²) >= 11 is 3.53. The number of halogens is 1. The molecule has 1 heterocycles. The number of anilines is 1. The molecule has 0 radical (unpaired) electrons. The summed E-state index contributed by atoms with van der Waals surface area (Å²) in [5.41, 5.74) is 2.04. The maximum atomic E-state index is 11.6. The molecule has 1 aliphatic carbocycles. The van der Waals surface area contributed by atoms with E-state index in [0.717, 1.165) is 22.3 Å². The number of fused-ring (bicyclic) bond motifs is 3. The number of hydrogen-bond donors (Lipinski definition) is 1. The predicted octanol–water partition coefficient (Wildman–Crippen LogP) is 2.51. The third kappa shape index (κ3) is 1.21. The number of rotatable bonds is 1. The van der Waals surface area contributed by atoms with Gasteiger partial charge in [0.25, 0.3) is 0 Å². The molecule has 1 amide bonds. The van der Waals surface area contributed by atoms with Crippen molar-refractivity contribution in [1.82, 2.24) is 0 Å². The van der Waals surface area contributed by atoms with Crippen LogP contribution in [0.1, 0.15) is 17.9 Å². The van der Waals surface area contributed by atoms with Gasteiger partial charge in [0.1, 0.15) is 5.75 Å². The van der Waals surface area contributed by atoms with Crippen molar-refractivity contribution in [1.29, 1.82) is 0 Å². The number of carbonyl (C=O) groups excluding carboxylic acids is 1. The minimum Gasteiger partial charge on any atom is -0.495 e. The molecule has 1 aromatic rings. The van der Waals surface area contributed by atoms with E-state index in [9.17, 15) is 4.79 Å². The van der Waals surface area contributed by atoms with Crippen molar-refractivity contribution in [2.24, 2.45) is 5.92 Å². The fourth-order valence-corrected chi connectivity index (χ4v) is 2.88. The zero-order valence-corrected chi connectivity index (χ0v) is 9.80. The smallest absolute Gasteiger partial charge is 0.228 e. The highest BCUT2D eigenvalue weighted by molar-refractivity contribution is 9.10. The van der Waals surface area contributed by atoms with Gasteiger partial charge in [-0.1, -0.05) is 15.9 Å². The van der Waals surface area contributed by atoms with E-state index < -0.39 is 0 Å². The summed E-state index contributed by atoms with van der Waals surface area (Å²) in [7, 11) is 1.62. The molecule has 1 aromatic carbocycles. The minimum absolute atomic E-state index is 0.129. The first-order valence-corrected chi connectivity index (χ1v) is 5.69. The molecule has 1 aliphatic heterocycles. The standard InChI is InChI=1S/C11H10BrNO2/c1-15-8-3-2-7(12)9-5-4-6(5)11(14)13-10(8)9/h2-3,5-6H,4H2,1H3,(H,13,14). The molecule has 1 saturated carbocycles. The molecule has 0 spiro atoms. The van der Waals surface area contributed by atoms with E-state index in [4.69, 9.17) is 4.74 Å². The maximum Gasteiger partial charge on any atom is 0.228 e. The van der Waals surface area contributed by atoms with Crippen LogP contribution in [0.3, 0.4) is 0 Å². The average molecular weight is 268 g/mol. The fourth-order valence-electron chi connectivity index (χ4n) is 2.26. The maximum absolute atomic E-state index is 11.6. The van der Waals surface area contributed by atoms with Crippen LogP contribution in [0.15, 0.2) is 16.6 Å². The highest BCUT2D eigenvalue weighted by Gasteiger charge is 2.50. The van der Waals surface area contributed by atoms with Crippen LogP contribution in [0.4, 0.5) is 5.69 Å². The van der Waals surface area contributed by atoms with Gasteiger partial charge in [0.2, 0.25) is 5.91 Å². The Bertz CT molecular complexity index is 458. The van der Waals surface area contributed by atoms with Gasteiger partial charge < -0.3 is 10.1 Å². The second kappa shape index (κ2) is 2.98. The van der Waals surface area contributed by atoms with Gasteiger partial charge in [0.15, 0.2) is 0 Å². The Hall–Kier alpha value is -1.03. The van der Waals surface area contributed by atoms with Crippen LogP contribution >= 0.6 is 15.9 Å². The number of ether oxygens (including phenoxy) is 1. The summed E-state index contributed by atoms with van der Waals surface area (Å²) in [6, 6.07) is 3.84. The summed E-state index contributed by atoms with van der Waals surface area (Å²) in [5.74, 6) is 1.44. The third-order valence-electron chi connectivity index (χ3n) is 3.12. The zero-order chi connectivity index (χ0) is 10.6. The molecule has 4 heteroatoms. The molecule has 0 saturated heterocycles. The number of nitrogens with one attached hydrogen (secondary N) is 1. The number of amides is 1. The van der Waals surface area contributed by atoms with E-state index in [1.165, 1.54) is 5.56 Å². The van der Waals surface area contributed by atoms with E-state index in [0.29, 0.717) is 5.92 Å². The Morgan fingerprint density at radius 1 is 1.47 bits per heavy atom. The predicted molar refractivity (Wildman–Crippen MR) is 60.2 cm³/mol. The third-order valence-corrected chi connectivity index (χ3v) is 3.81. The molecule has 2 unspecified atom stereocenters. The van der Waals surface area contributed by atoms with Gasteiger partial charge in [-0.15, -0.1) is 0 Å². The number of hydrogen-bond acceptors (Lipinski definition) is 2. The highest BCUT2D eigenvalue weighted by Crippen LogP contribution is 2.57. The van der Waals surface area contributed by atoms with Crippen LogP contribution in [0.25, 0.3) is 0 Å². The molecule has 1 N–H and O–H groups in total. The van der Waals surface area contributed by atoms with Crippen molar-refractivity contribution >= 4 is 27.5 Å². The van der Waals surface area contributed by atoms with Gasteiger partial charge in [-0.25, -0.2) is 0 Å². The molecule has 2 atom stereocenters. The second-order valence-corrected chi connectivity index (χ2v) is 4.83. The van der Waals surface area contributed by atoms with E-state index in [1.807, 2.05) is 12.1 Å². The van der Waals surface area contributed by atoms with Crippen LogP contribution < -0.4 is 10.1 Å². The quantitative estimate of drug-likeness (QED) is 0.849. The van der Waals surface area contributed by atoms with Crippen LogP contribution in [0.5, 0.6) is 5.75 Å². The van der Waals surface area contributed by atoms with Crippen molar-refractivity contribution in [3.8, 4) is 5.75 Å². The van der Waals surface area contributed by atoms with Gasteiger partial charge >= 0.3 is 0 Å². The molecule has 2 aliphatic rings. The molecule has 0 bridgehead atoms. The summed E-state index contributed by atoms with van der Waals surface area (Å²) < 4.78 is 6.31. The number of methoxy groups -OCH3 is 1. The SMILES string of the molecule is COc1ccc(Br)c2c1NC(=O)C1CC21. The Labute approximate surface area is 95.9 Å². The molecule has 15 heavy (non-hydrogen) atoms. The Kier molecular flexibility index (Phi) is 1.83. The summed E-state index contributed by atoms with van der Waals surface area (Å²) in [6.45, 7) is 0. The van der Waals surface area contributed by atoms with E-state index in [1.54, 1.807) is 7.11 Å². The first kappa shape index (κ1) is 9.21. The minimum atomic E-state index is 0.129. The van der Waals surface area contributed by atoms with Gasteiger partial charge in [0.05, 0.1) is 12.8 Å². The van der Waals surface area contributed by atoms with Crippen molar-refractivity contribution in [2.75, 3.05) is 12.4 Å². The van der Waals surface area contributed by atoms with Gasteiger partial charge in [0, 0.05) is 10.4 Å². The molecule has 0 aromatic heterocycles. The lowest BCUT2D eigenvalue weighted by atomic mass is 10.0. The average Bonchev–Trinajstić information content (AvgIpc) is 2.98. The van der Waals surface area contributed by atoms with Crippen LogP contribution in [-0.4, -0.2) is 13.0 Å². The summed E-state index contributed by atoms with van der Waals surface area (Å²) in [4.78, 5) is 11.6. The van der Waals surface area contributed by atoms with E-state index in [2.05, 4.69) is 21.2 Å². The molecule has 3 nitrogen and oxygen atoms in total. The number of benzene rings is 1. The van der Waals surface area contributed by atoms with Crippen molar-refractivity contribution in [2.45, 2.75) is 12.3 Å². The zero-order valence-electron chi connectivity index (χ0n) is 8.21. The lowest BCUT2D eigenvalue weighted by molar-refractivity contribution is -0.117. The van der Waals surface area contributed by atoms with E-state index in [-0.39, 0.29) is 11.8 Å². The summed E-state index contributed by atoms with van der Waals surface area (Å²) in [6.07, 6.45) is 0.963. The molecule has 3 rings (SSSR count). The van der Waals surface area contributed by atoms with Crippen molar-refractivity contribution in [3.63, 3.8) is 0 Å². The molecular formula is C11H10BrNO2. The van der Waals surface area contributed by atoms with Crippen molar-refractivity contribution < 1.29 is 9.53 Å². The largest absolute Gasteiger partial charge is 0.495 e. The lowest BCUT2D eigenvalue weighted by Gasteiger charge is -2.20. The number of carbonyl (C=O) groups is 1. The van der Waals surface area contributed by atoms with Crippen molar-refractivity contribution in [3.05, 3.63) is 22.2 Å². The van der Waals surface area contributed by atoms with Gasteiger partial charge in [-0.05, 0) is 30.0 Å². The Balaban J connectivity index is 2.20. The molecule has 78 valence electrons. The van der Waals surface area contributed by atoms with Crippen LogP contribution in [0, 0.1) is 5.92 Å². The van der Waals surface area contributed by atoms with E-state index >= 15 is 0 Å². The van der Waals surface area contributed by atoms with Gasteiger partial charge in [-0.3, -0.25) is 4.79 Å². The second-order valence-electron chi connectivity index (χ2n) is 3.98. The first-order chi connectivity index (χ1) is 7.22.